The number of esters is 1. The van der Waals surface area contributed by atoms with Crippen LogP contribution in [-0.4, -0.2) is 18.2 Å². The van der Waals surface area contributed by atoms with Crippen molar-refractivity contribution in [2.45, 2.75) is 138 Å². The second-order valence-electron chi connectivity index (χ2n) is 15.5. The van der Waals surface area contributed by atoms with Gasteiger partial charge in [0.2, 0.25) is 0 Å². The maximum absolute atomic E-state index is 15.3. The fraction of sp³-hybridized carbons (Fsp3) is 0.909. The van der Waals surface area contributed by atoms with Crippen molar-refractivity contribution in [3.63, 3.8) is 0 Å². The van der Waals surface area contributed by atoms with E-state index in [-0.39, 0.29) is 17.5 Å². The summed E-state index contributed by atoms with van der Waals surface area (Å²) >= 11 is 0. The molecule has 1 spiro atoms. The first kappa shape index (κ1) is 26.7. The molecule has 0 amide bonds. The lowest BCUT2D eigenvalue weighted by atomic mass is 9.50. The van der Waals surface area contributed by atoms with Gasteiger partial charge in [0.05, 0.1) is 5.41 Å². The molecule has 3 saturated carbocycles. The Morgan fingerprint density at radius 3 is 2.44 bits per heavy atom. The third kappa shape index (κ3) is 4.51. The zero-order valence-electron chi connectivity index (χ0n) is 24.3. The van der Waals surface area contributed by atoms with E-state index < -0.39 is 11.6 Å². The van der Waals surface area contributed by atoms with Crippen LogP contribution < -0.4 is 0 Å². The fourth-order valence-electron chi connectivity index (χ4n) is 9.65. The van der Waals surface area contributed by atoms with E-state index in [0.29, 0.717) is 23.7 Å². The Hall–Kier alpha value is -0.860. The van der Waals surface area contributed by atoms with Crippen LogP contribution in [0, 0.1) is 51.8 Å². The summed E-state index contributed by atoms with van der Waals surface area (Å²) in [5, 5.41) is 0. The quantitative estimate of drug-likeness (QED) is 0.268. The number of hydrogen-bond donors (Lipinski definition) is 0. The van der Waals surface area contributed by atoms with Gasteiger partial charge in [0.25, 0.3) is 0 Å². The minimum atomic E-state index is -0.680. The average Bonchev–Trinajstić information content (AvgIpc) is 3.28. The molecule has 9 atom stereocenters. The molecule has 36 heavy (non-hydrogen) atoms. The number of carbonyl (C=O) groups is 1. The number of halogens is 1. The van der Waals surface area contributed by atoms with Gasteiger partial charge in [0.1, 0.15) is 12.3 Å². The van der Waals surface area contributed by atoms with E-state index in [1.807, 2.05) is 20.8 Å². The number of alkyl halides is 1. The Kier molecular flexibility index (Phi) is 6.98. The van der Waals surface area contributed by atoms with Crippen LogP contribution in [0.1, 0.15) is 126 Å². The largest absolute Gasteiger partial charge is 0.462 e. The van der Waals surface area contributed by atoms with Crippen LogP contribution >= 0.6 is 0 Å². The summed E-state index contributed by atoms with van der Waals surface area (Å²) in [7, 11) is 0. The topological polar surface area (TPSA) is 26.3 Å². The van der Waals surface area contributed by atoms with E-state index in [1.165, 1.54) is 50.5 Å². The standard InChI is InChI=1S/C33H53FO2/c1-20(2)9-8-10-21(3)26-13-14-27-25-18-33(19-29(33)34)28-17-22(36-30(35)31(4,5)6)11-12-24(28)23(25)15-16-32(26,27)7/h20-23,25-27,29H,8-19H2,1-7H3/t21-,22+,23?,25?,26-,27?,29?,32-,33?/m1/s1. The number of rotatable bonds is 6. The predicted molar refractivity (Wildman–Crippen MR) is 145 cm³/mol. The summed E-state index contributed by atoms with van der Waals surface area (Å²) in [5.41, 5.74) is 2.75. The van der Waals surface area contributed by atoms with Gasteiger partial charge in [-0.3, -0.25) is 4.79 Å². The molecule has 0 heterocycles. The highest BCUT2D eigenvalue weighted by Crippen LogP contribution is 2.72. The Bertz CT molecular complexity index is 883. The first-order valence-electron chi connectivity index (χ1n) is 15.4. The molecule has 0 N–H and O–H groups in total. The normalized spacial score (nSPS) is 42.7. The molecule has 0 aliphatic heterocycles. The van der Waals surface area contributed by atoms with Gasteiger partial charge in [0.15, 0.2) is 0 Å². The lowest BCUT2D eigenvalue weighted by Crippen LogP contribution is -2.47. The van der Waals surface area contributed by atoms with Crippen molar-refractivity contribution in [3.05, 3.63) is 11.1 Å². The van der Waals surface area contributed by atoms with Crippen molar-refractivity contribution in [1.29, 1.82) is 0 Å². The van der Waals surface area contributed by atoms with E-state index in [1.54, 1.807) is 5.57 Å². The third-order valence-electron chi connectivity index (χ3n) is 11.7. The Labute approximate surface area is 220 Å². The molecule has 204 valence electrons. The molecule has 2 nitrogen and oxygen atoms in total. The van der Waals surface area contributed by atoms with Crippen LogP contribution in [0.5, 0.6) is 0 Å². The molecule has 0 radical (unpaired) electrons. The molecule has 5 aliphatic carbocycles. The summed E-state index contributed by atoms with van der Waals surface area (Å²) in [5.74, 6) is 4.44. The van der Waals surface area contributed by atoms with Crippen molar-refractivity contribution < 1.29 is 13.9 Å². The molecular weight excluding hydrogens is 447 g/mol. The highest BCUT2D eigenvalue weighted by atomic mass is 19.1. The van der Waals surface area contributed by atoms with Gasteiger partial charge in [-0.05, 0) is 113 Å². The van der Waals surface area contributed by atoms with Crippen LogP contribution in [0.15, 0.2) is 11.1 Å². The molecule has 5 rings (SSSR count). The van der Waals surface area contributed by atoms with Crippen molar-refractivity contribution in [3.8, 4) is 0 Å². The van der Waals surface area contributed by atoms with Gasteiger partial charge in [-0.15, -0.1) is 0 Å². The number of allylic oxidation sites excluding steroid dienone is 1. The second-order valence-corrected chi connectivity index (χ2v) is 15.5. The average molecular weight is 501 g/mol. The summed E-state index contributed by atoms with van der Waals surface area (Å²) in [6.07, 6.45) is 13.3. The molecule has 5 unspecified atom stereocenters. The van der Waals surface area contributed by atoms with E-state index in [9.17, 15) is 4.79 Å². The zero-order valence-corrected chi connectivity index (χ0v) is 24.3. The number of hydrogen-bond acceptors (Lipinski definition) is 2. The van der Waals surface area contributed by atoms with Gasteiger partial charge in [-0.1, -0.05) is 58.1 Å². The Balaban J connectivity index is 1.34. The smallest absolute Gasteiger partial charge is 0.311 e. The van der Waals surface area contributed by atoms with Gasteiger partial charge < -0.3 is 4.74 Å². The highest BCUT2D eigenvalue weighted by Gasteiger charge is 2.66. The van der Waals surface area contributed by atoms with E-state index in [2.05, 4.69) is 27.7 Å². The lowest BCUT2D eigenvalue weighted by Gasteiger charge is -2.55. The van der Waals surface area contributed by atoms with Crippen LogP contribution in [-0.2, 0) is 9.53 Å². The highest BCUT2D eigenvalue weighted by molar-refractivity contribution is 5.75. The van der Waals surface area contributed by atoms with Crippen LogP contribution in [0.4, 0.5) is 4.39 Å². The molecule has 3 fully saturated rings. The SMILES string of the molecule is CC(C)CCC[C@@H](C)[C@H]1CCC2C3CC4(CC4F)C4=C(CC[C@H](OC(=O)C(C)(C)C)C4)C3CC[C@@]21C. The number of carbonyl (C=O) groups excluding carboxylic acids is 1. The van der Waals surface area contributed by atoms with Gasteiger partial charge in [-0.25, -0.2) is 4.39 Å². The van der Waals surface area contributed by atoms with Gasteiger partial charge in [0, 0.05) is 11.8 Å². The molecule has 0 aromatic rings. The fourth-order valence-corrected chi connectivity index (χ4v) is 9.65. The third-order valence-corrected chi connectivity index (χ3v) is 11.7. The maximum Gasteiger partial charge on any atom is 0.311 e. The van der Waals surface area contributed by atoms with Crippen LogP contribution in [0.3, 0.4) is 0 Å². The summed E-state index contributed by atoms with van der Waals surface area (Å²) in [4.78, 5) is 12.6. The molecule has 0 aromatic carbocycles. The number of fused-ring (bicyclic) bond motifs is 5. The minimum Gasteiger partial charge on any atom is -0.462 e. The monoisotopic (exact) mass is 500 g/mol. The van der Waals surface area contributed by atoms with Crippen molar-refractivity contribution in [1.82, 2.24) is 0 Å². The number of ether oxygens (including phenoxy) is 1. The van der Waals surface area contributed by atoms with E-state index in [4.69, 9.17) is 4.74 Å². The summed E-state index contributed by atoms with van der Waals surface area (Å²) < 4.78 is 21.2. The Morgan fingerprint density at radius 2 is 1.81 bits per heavy atom. The maximum atomic E-state index is 15.3. The molecule has 3 heteroatoms. The molecule has 0 bridgehead atoms. The zero-order chi connectivity index (χ0) is 26.0. The van der Waals surface area contributed by atoms with E-state index in [0.717, 1.165) is 49.4 Å². The Morgan fingerprint density at radius 1 is 1.08 bits per heavy atom. The van der Waals surface area contributed by atoms with Crippen molar-refractivity contribution in [2.24, 2.45) is 51.8 Å². The molecule has 5 aliphatic rings. The molecule has 0 aromatic heterocycles. The summed E-state index contributed by atoms with van der Waals surface area (Å²) in [6, 6.07) is 0. The minimum absolute atomic E-state index is 0.0619. The molecule has 0 saturated heterocycles. The second kappa shape index (κ2) is 9.41. The van der Waals surface area contributed by atoms with Crippen LogP contribution in [0.25, 0.3) is 0 Å². The van der Waals surface area contributed by atoms with Crippen LogP contribution in [0.2, 0.25) is 0 Å². The first-order chi connectivity index (χ1) is 16.9. The van der Waals surface area contributed by atoms with Gasteiger partial charge >= 0.3 is 5.97 Å². The van der Waals surface area contributed by atoms with Gasteiger partial charge in [-0.2, -0.15) is 0 Å². The van der Waals surface area contributed by atoms with Crippen molar-refractivity contribution >= 4 is 5.97 Å². The molecular formula is C33H53FO2. The lowest BCUT2D eigenvalue weighted by molar-refractivity contribution is -0.159. The summed E-state index contributed by atoms with van der Waals surface area (Å²) in [6.45, 7) is 15.6. The van der Waals surface area contributed by atoms with E-state index >= 15 is 4.39 Å². The first-order valence-corrected chi connectivity index (χ1v) is 15.4. The van der Waals surface area contributed by atoms with Crippen molar-refractivity contribution in [2.75, 3.05) is 0 Å². The predicted octanol–water partition coefficient (Wildman–Crippen LogP) is 9.08.